The smallest absolute Gasteiger partial charge is 0.241 e. The molecular weight excluding hydrogens is 248 g/mol. The van der Waals surface area contributed by atoms with Crippen molar-refractivity contribution < 1.29 is 8.42 Å². The number of nitrogens with two attached hydrogens (primary N) is 1. The van der Waals surface area contributed by atoms with Gasteiger partial charge in [0.2, 0.25) is 10.0 Å². The lowest BCUT2D eigenvalue weighted by atomic mass is 10.1. The zero-order valence-corrected chi connectivity index (χ0v) is 11.8. The first kappa shape index (κ1) is 13.4. The Labute approximate surface area is 109 Å². The molecule has 0 radical (unpaired) electrons. The summed E-state index contributed by atoms with van der Waals surface area (Å²) in [6.45, 7) is 5.67. The van der Waals surface area contributed by atoms with E-state index in [9.17, 15) is 8.42 Å². The molecule has 100 valence electrons. The van der Waals surface area contributed by atoms with E-state index < -0.39 is 10.0 Å². The Morgan fingerprint density at radius 3 is 2.61 bits per heavy atom. The maximum absolute atomic E-state index is 12.3. The molecule has 2 rings (SSSR count). The molecule has 0 aromatic heterocycles. The third-order valence-electron chi connectivity index (χ3n) is 3.59. The summed E-state index contributed by atoms with van der Waals surface area (Å²) in [5, 5.41) is 0. The van der Waals surface area contributed by atoms with Crippen LogP contribution in [0.4, 0.5) is 5.69 Å². The molecule has 0 aliphatic heterocycles. The normalized spacial score (nSPS) is 23.1. The highest BCUT2D eigenvalue weighted by Gasteiger charge is 2.39. The van der Waals surface area contributed by atoms with Crippen LogP contribution in [0.3, 0.4) is 0 Å². The van der Waals surface area contributed by atoms with Crippen LogP contribution >= 0.6 is 0 Å². The van der Waals surface area contributed by atoms with Gasteiger partial charge in [0.15, 0.2) is 0 Å². The van der Waals surface area contributed by atoms with Crippen molar-refractivity contribution in [2.75, 3.05) is 5.73 Å². The lowest BCUT2D eigenvalue weighted by Crippen LogP contribution is -2.28. The predicted molar refractivity (Wildman–Crippen MR) is 72.8 cm³/mol. The van der Waals surface area contributed by atoms with Crippen LogP contribution < -0.4 is 10.5 Å². The van der Waals surface area contributed by atoms with Crippen molar-refractivity contribution in [1.82, 2.24) is 4.72 Å². The van der Waals surface area contributed by atoms with Gasteiger partial charge in [0.1, 0.15) is 0 Å². The van der Waals surface area contributed by atoms with E-state index >= 15 is 0 Å². The van der Waals surface area contributed by atoms with E-state index in [1.807, 2.05) is 6.92 Å². The molecule has 0 spiro atoms. The molecule has 1 aromatic rings. The van der Waals surface area contributed by atoms with Crippen LogP contribution in [-0.2, 0) is 10.0 Å². The average Bonchev–Trinajstić information content (AvgIpc) is 3.00. The van der Waals surface area contributed by atoms with Gasteiger partial charge in [-0.25, -0.2) is 13.1 Å². The molecule has 0 bridgehead atoms. The number of hydrogen-bond donors (Lipinski definition) is 2. The second-order valence-electron chi connectivity index (χ2n) is 5.11. The number of hydrogen-bond acceptors (Lipinski definition) is 3. The predicted octanol–water partition coefficient (Wildman–Crippen LogP) is 1.96. The van der Waals surface area contributed by atoms with Crippen molar-refractivity contribution in [3.05, 3.63) is 23.3 Å². The first-order chi connectivity index (χ1) is 8.35. The van der Waals surface area contributed by atoms with Crippen LogP contribution in [-0.4, -0.2) is 14.5 Å². The van der Waals surface area contributed by atoms with Crippen molar-refractivity contribution in [3.63, 3.8) is 0 Å². The minimum atomic E-state index is -3.45. The van der Waals surface area contributed by atoms with Gasteiger partial charge in [-0.1, -0.05) is 13.3 Å². The van der Waals surface area contributed by atoms with E-state index in [2.05, 4.69) is 11.6 Å². The first-order valence-electron chi connectivity index (χ1n) is 6.24. The van der Waals surface area contributed by atoms with Gasteiger partial charge in [0.25, 0.3) is 0 Å². The summed E-state index contributed by atoms with van der Waals surface area (Å²) in [6.07, 6.45) is 1.96. The minimum Gasteiger partial charge on any atom is -0.398 e. The molecule has 1 saturated carbocycles. The minimum absolute atomic E-state index is 0.0983. The van der Waals surface area contributed by atoms with Crippen LogP contribution in [0.5, 0.6) is 0 Å². The Kier molecular flexibility index (Phi) is 3.38. The summed E-state index contributed by atoms with van der Waals surface area (Å²) in [5.74, 6) is 0.488. The fraction of sp³-hybridized carbons (Fsp3) is 0.538. The topological polar surface area (TPSA) is 72.2 Å². The first-order valence-corrected chi connectivity index (χ1v) is 7.72. The maximum Gasteiger partial charge on any atom is 0.241 e. The summed E-state index contributed by atoms with van der Waals surface area (Å²) < 4.78 is 27.4. The van der Waals surface area contributed by atoms with Crippen molar-refractivity contribution in [1.29, 1.82) is 0 Å². The summed E-state index contributed by atoms with van der Waals surface area (Å²) in [7, 11) is -3.45. The highest BCUT2D eigenvalue weighted by molar-refractivity contribution is 7.89. The summed E-state index contributed by atoms with van der Waals surface area (Å²) in [4.78, 5) is 0.307. The SMILES string of the molecule is CCC1CC1NS(=O)(=O)c1cc(C)cc(N)c1C. The average molecular weight is 268 g/mol. The summed E-state index contributed by atoms with van der Waals surface area (Å²) in [6, 6.07) is 3.57. The van der Waals surface area contributed by atoms with Gasteiger partial charge < -0.3 is 5.73 Å². The second kappa shape index (κ2) is 4.55. The van der Waals surface area contributed by atoms with Crippen molar-refractivity contribution in [3.8, 4) is 0 Å². The molecule has 2 atom stereocenters. The van der Waals surface area contributed by atoms with Crippen molar-refractivity contribution in [2.24, 2.45) is 5.92 Å². The van der Waals surface area contributed by atoms with Gasteiger partial charge in [-0.15, -0.1) is 0 Å². The largest absolute Gasteiger partial charge is 0.398 e. The number of nitrogens with one attached hydrogen (secondary N) is 1. The van der Waals surface area contributed by atoms with Crippen LogP contribution in [0, 0.1) is 19.8 Å². The monoisotopic (exact) mass is 268 g/mol. The maximum atomic E-state index is 12.3. The molecule has 2 unspecified atom stereocenters. The van der Waals surface area contributed by atoms with E-state index in [-0.39, 0.29) is 6.04 Å². The van der Waals surface area contributed by atoms with Crippen LogP contribution in [0.15, 0.2) is 17.0 Å². The van der Waals surface area contributed by atoms with E-state index in [0.717, 1.165) is 18.4 Å². The molecule has 0 heterocycles. The quantitative estimate of drug-likeness (QED) is 0.820. The van der Waals surface area contributed by atoms with Gasteiger partial charge in [-0.3, -0.25) is 0 Å². The fourth-order valence-corrected chi connectivity index (χ4v) is 3.91. The number of sulfonamides is 1. The molecule has 1 fully saturated rings. The molecule has 18 heavy (non-hydrogen) atoms. The van der Waals surface area contributed by atoms with Gasteiger partial charge >= 0.3 is 0 Å². The van der Waals surface area contributed by atoms with E-state index in [4.69, 9.17) is 5.73 Å². The van der Waals surface area contributed by atoms with Gasteiger partial charge in [-0.2, -0.15) is 0 Å². The van der Waals surface area contributed by atoms with Crippen LogP contribution in [0.2, 0.25) is 0 Å². The Morgan fingerprint density at radius 1 is 1.39 bits per heavy atom. The number of benzene rings is 1. The molecule has 1 aromatic carbocycles. The van der Waals surface area contributed by atoms with Gasteiger partial charge in [0, 0.05) is 11.7 Å². The number of aryl methyl sites for hydroxylation is 1. The van der Waals surface area contributed by atoms with Crippen LogP contribution in [0.25, 0.3) is 0 Å². The number of anilines is 1. The molecule has 0 saturated heterocycles. The zero-order valence-electron chi connectivity index (χ0n) is 11.0. The van der Waals surface area contributed by atoms with Gasteiger partial charge in [-0.05, 0) is 49.4 Å². The molecule has 4 nitrogen and oxygen atoms in total. The van der Waals surface area contributed by atoms with E-state index in [0.29, 0.717) is 22.1 Å². The Bertz CT molecular complexity index is 567. The van der Waals surface area contributed by atoms with E-state index in [1.54, 1.807) is 19.1 Å². The highest BCUT2D eigenvalue weighted by Crippen LogP contribution is 2.35. The van der Waals surface area contributed by atoms with Crippen molar-refractivity contribution >= 4 is 15.7 Å². The van der Waals surface area contributed by atoms with Gasteiger partial charge in [0.05, 0.1) is 4.90 Å². The van der Waals surface area contributed by atoms with E-state index in [1.165, 1.54) is 0 Å². The lowest BCUT2D eigenvalue weighted by Gasteiger charge is -2.12. The standard InChI is InChI=1S/C13H20N2O2S/c1-4-10-7-12(10)15-18(16,17)13-6-8(2)5-11(14)9(13)3/h5-6,10,12,15H,4,7,14H2,1-3H3. The molecule has 5 heteroatoms. The summed E-state index contributed by atoms with van der Waals surface area (Å²) >= 11 is 0. The lowest BCUT2D eigenvalue weighted by molar-refractivity contribution is 0.575. The third kappa shape index (κ3) is 2.52. The molecule has 3 N–H and O–H groups in total. The number of nitrogen functional groups attached to an aromatic ring is 1. The molecule has 1 aliphatic carbocycles. The Morgan fingerprint density at radius 2 is 2.06 bits per heavy atom. The molecule has 0 amide bonds. The highest BCUT2D eigenvalue weighted by atomic mass is 32.2. The zero-order chi connectivity index (χ0) is 13.5. The number of rotatable bonds is 4. The fourth-order valence-electron chi connectivity index (χ4n) is 2.24. The molecule has 1 aliphatic rings. The molecular formula is C13H20N2O2S. The Balaban J connectivity index is 2.30. The summed E-state index contributed by atoms with van der Waals surface area (Å²) in [5.41, 5.74) is 7.84. The van der Waals surface area contributed by atoms with Crippen LogP contribution in [0.1, 0.15) is 30.9 Å². The third-order valence-corrected chi connectivity index (χ3v) is 5.20. The second-order valence-corrected chi connectivity index (χ2v) is 6.79. The Hall–Kier alpha value is -1.07. The van der Waals surface area contributed by atoms with Crippen molar-refractivity contribution in [2.45, 2.75) is 44.6 Å².